The molecule has 0 fully saturated rings. The third-order valence-electron chi connectivity index (χ3n) is 17.1. The smallest absolute Gasteiger partial charge is 0.302 e. The van der Waals surface area contributed by atoms with Crippen LogP contribution >= 0.6 is 178 Å². The number of rotatable bonds is 21. The van der Waals surface area contributed by atoms with Gasteiger partial charge in [0.15, 0.2) is 0 Å². The first-order valence-corrected chi connectivity index (χ1v) is 45.6. The number of aromatic hydroxyl groups is 1. The van der Waals surface area contributed by atoms with Crippen LogP contribution in [-0.4, -0.2) is 82.3 Å². The summed E-state index contributed by atoms with van der Waals surface area (Å²) < 4.78 is 34.2. The molecular weight excluding hydrogens is 2000 g/mol. The summed E-state index contributed by atoms with van der Waals surface area (Å²) in [5.41, 5.74) is 14.7. The van der Waals surface area contributed by atoms with Gasteiger partial charge in [-0.05, 0) is 294 Å². The lowest BCUT2D eigenvalue weighted by Gasteiger charge is -2.15. The fourth-order valence-electron chi connectivity index (χ4n) is 12.0. The summed E-state index contributed by atoms with van der Waals surface area (Å²) in [6, 6.07) is 33.2. The van der Waals surface area contributed by atoms with Gasteiger partial charge in [0.25, 0.3) is 0 Å². The molecule has 6 aromatic carbocycles. The molecule has 6 heterocycles. The van der Waals surface area contributed by atoms with E-state index >= 15 is 0 Å². The van der Waals surface area contributed by atoms with Crippen molar-refractivity contribution >= 4 is 191 Å². The predicted octanol–water partition coefficient (Wildman–Crippen LogP) is 31.5. The molecule has 12 rings (SSSR count). The highest BCUT2D eigenvalue weighted by molar-refractivity contribution is 9.08. The van der Waals surface area contributed by atoms with Crippen molar-refractivity contribution in [3.63, 3.8) is 0 Å². The van der Waals surface area contributed by atoms with E-state index < -0.39 is 0 Å². The molecule has 22 nitrogen and oxygen atoms in total. The number of aliphatic hydroxyl groups is 1. The largest absolute Gasteiger partial charge is 0.508 e. The number of hydrogen-bond acceptors (Lipinski definition) is 22. The van der Waals surface area contributed by atoms with Gasteiger partial charge in [-0.25, -0.2) is 34.9 Å². The standard InChI is InChI=1S/C17H18Cl2N2O3.C15H16Cl2N2O2.C15H14Cl2N2O2.C15H16Cl2N2O.C14H12BrCl3N2O.C8H10O.C7H7Cl3N2/c1-9(2)14-15(18)20-17(19)21-16(14)24-13-6-10(3)5-12(7-13)8-23-11(4)22;2*1-8(2)12-13(16)18-15(17)19-14(12)21-11-5-9(3)4-10(6-11)7-20;1-8(2)12-13(16)18-15(17)19-14(12)20-11-6-9(3)5-10(4)7-11;1-7(2)11-12(17)19-14(18)20-13(11)21-10-4-8(6-15)3-9(16)5-10;1-6-3-7(2)5-8(9)4-6;1-3(2)4-5(8)11-7(10)12-6(4)9/h5-7,9H,8H2,1-4H3;4-6,8,20H,7H2,1-3H3;4-8H,1-3H3;5-8H,1-4H3;3-5,7H,6H2,1-2H3;3-5,9H,1-2H3;3H,1-2H3. The molecule has 6 aromatic heterocycles. The third kappa shape index (κ3) is 35.1. The van der Waals surface area contributed by atoms with E-state index in [1.54, 1.807) is 48.5 Å². The Morgan fingerprint density at radius 1 is 0.328 bits per heavy atom. The van der Waals surface area contributed by atoms with Gasteiger partial charge in [0.2, 0.25) is 61.1 Å². The molecule has 0 bridgehead atoms. The quantitative estimate of drug-likeness (QED) is 0.0222. The van der Waals surface area contributed by atoms with Gasteiger partial charge >= 0.3 is 5.97 Å². The number of aromatic nitrogens is 12. The van der Waals surface area contributed by atoms with Gasteiger partial charge in [-0.3, -0.25) is 9.59 Å². The molecule has 0 saturated carbocycles. The second kappa shape index (κ2) is 51.9. The second-order valence-electron chi connectivity index (χ2n) is 30.5. The lowest BCUT2D eigenvalue weighted by Crippen LogP contribution is -2.02. The van der Waals surface area contributed by atoms with Crippen molar-refractivity contribution in [3.8, 4) is 63.9 Å². The third-order valence-corrected chi connectivity index (χ3v) is 21.0. The van der Waals surface area contributed by atoms with Gasteiger partial charge in [-0.2, -0.15) is 24.9 Å². The molecule has 0 spiro atoms. The lowest BCUT2D eigenvalue weighted by molar-refractivity contribution is -0.142. The van der Waals surface area contributed by atoms with Gasteiger partial charge in [0, 0.05) is 28.4 Å². The van der Waals surface area contributed by atoms with Crippen molar-refractivity contribution in [1.29, 1.82) is 0 Å². The Morgan fingerprint density at radius 3 is 0.867 bits per heavy atom. The number of benzene rings is 6. The van der Waals surface area contributed by atoms with Crippen molar-refractivity contribution in [3.05, 3.63) is 277 Å². The number of phenolic OH excluding ortho intramolecular Hbond substituents is 1. The molecule has 0 saturated heterocycles. The van der Waals surface area contributed by atoms with E-state index in [2.05, 4.69) is 81.8 Å². The molecule has 128 heavy (non-hydrogen) atoms. The number of aldehydes is 1. The molecule has 0 radical (unpaired) electrons. The fourth-order valence-corrected chi connectivity index (χ4v) is 16.5. The number of hydrogen-bond donors (Lipinski definition) is 2. The van der Waals surface area contributed by atoms with E-state index in [1.807, 2.05) is 186 Å². The van der Waals surface area contributed by atoms with E-state index in [9.17, 15) is 14.7 Å². The number of aryl methyl sites for hydroxylation is 7. The average molecular weight is 2090 g/mol. The van der Waals surface area contributed by atoms with Crippen LogP contribution in [0.2, 0.25) is 72.8 Å². The van der Waals surface area contributed by atoms with Crippen LogP contribution in [-0.2, 0) is 28.1 Å². The van der Waals surface area contributed by atoms with E-state index in [0.29, 0.717) is 117 Å². The van der Waals surface area contributed by atoms with Crippen molar-refractivity contribution < 1.29 is 48.2 Å². The topological polar surface area (TPSA) is 285 Å². The Bertz CT molecular complexity index is 5660. The van der Waals surface area contributed by atoms with Crippen LogP contribution in [0.15, 0.2) is 109 Å². The Labute approximate surface area is 824 Å². The molecule has 0 unspecified atom stereocenters. The molecule has 0 aliphatic carbocycles. The minimum Gasteiger partial charge on any atom is -0.508 e. The molecule has 0 amide bonds. The highest BCUT2D eigenvalue weighted by Crippen LogP contribution is 2.42. The number of alkyl halides is 1. The van der Waals surface area contributed by atoms with Crippen LogP contribution < -0.4 is 23.7 Å². The highest BCUT2D eigenvalue weighted by atomic mass is 79.9. The highest BCUT2D eigenvalue weighted by Gasteiger charge is 2.25. The summed E-state index contributed by atoms with van der Waals surface area (Å²) >= 11 is 86.6. The van der Waals surface area contributed by atoms with Crippen LogP contribution in [0.4, 0.5) is 0 Å². The Balaban J connectivity index is 0.000000234. The summed E-state index contributed by atoms with van der Waals surface area (Å²) in [6.45, 7) is 38.9. The van der Waals surface area contributed by atoms with Crippen LogP contribution in [0.1, 0.15) is 225 Å². The van der Waals surface area contributed by atoms with Crippen LogP contribution in [0, 0.1) is 48.5 Å². The van der Waals surface area contributed by atoms with E-state index in [4.69, 9.17) is 196 Å². The summed E-state index contributed by atoms with van der Waals surface area (Å²) in [5.74, 6) is 5.32. The summed E-state index contributed by atoms with van der Waals surface area (Å²) in [7, 11) is 0. The van der Waals surface area contributed by atoms with Gasteiger partial charge < -0.3 is 38.6 Å². The zero-order chi connectivity index (χ0) is 95.6. The normalized spacial score (nSPS) is 10.8. The van der Waals surface area contributed by atoms with Gasteiger partial charge in [-0.1, -0.05) is 216 Å². The first kappa shape index (κ1) is 109. The van der Waals surface area contributed by atoms with E-state index in [-0.39, 0.29) is 102 Å². The number of ether oxygens (including phenoxy) is 6. The Hall–Kier alpha value is -7.76. The number of esters is 1. The van der Waals surface area contributed by atoms with Gasteiger partial charge in [-0.15, -0.1) is 0 Å². The number of carbonyl (C=O) groups excluding carboxylic acids is 2. The summed E-state index contributed by atoms with van der Waals surface area (Å²) in [4.78, 5) is 69.9. The maximum absolute atomic E-state index is 11.0. The Morgan fingerprint density at radius 2 is 0.578 bits per heavy atom. The van der Waals surface area contributed by atoms with Crippen LogP contribution in [0.3, 0.4) is 0 Å². The second-order valence-corrected chi connectivity index (χ2v) is 36.0. The molecule has 12 aromatic rings. The summed E-state index contributed by atoms with van der Waals surface area (Å²) in [5, 5.41) is 21.9. The predicted molar refractivity (Wildman–Crippen MR) is 520 cm³/mol. The van der Waals surface area contributed by atoms with Gasteiger partial charge in [0.05, 0.1) is 34.4 Å². The monoisotopic (exact) mass is 2080 g/mol. The maximum atomic E-state index is 11.0. The average Bonchev–Trinajstić information content (AvgIpc) is 0.823. The fraction of sp³-hybridized carbons (Fsp3) is 0.319. The maximum Gasteiger partial charge on any atom is 0.302 e. The number of phenols is 1. The van der Waals surface area contributed by atoms with Gasteiger partial charge in [0.1, 0.15) is 83.5 Å². The number of aliphatic hydroxyl groups excluding tert-OH is 1. The minimum atomic E-state index is -0.338. The zero-order valence-corrected chi connectivity index (χ0v) is 85.4. The molecule has 0 aliphatic heterocycles. The SMILES string of the molecule is CC(=O)OCc1cc(C)cc(Oc2nc(Cl)nc(Cl)c2C(C)C)c1.CC(C)c1c(Cl)nc(Cl)nc1Cl.CC(C)c1c(Cl)nc(Cl)nc1Oc1cc(Cl)cc(CBr)c1.Cc1cc(C)cc(O)c1.Cc1cc(C)cc(Oc2nc(Cl)nc(Cl)c2C(C)C)c1.Cc1cc(C=O)cc(Oc2nc(Cl)nc(Cl)c2C(C)C)c1.Cc1cc(CO)cc(Oc2nc(Cl)nc(Cl)c2C(C)C)c1. The van der Waals surface area contributed by atoms with E-state index in [0.717, 1.165) is 78.8 Å². The van der Waals surface area contributed by atoms with Crippen molar-refractivity contribution in [2.75, 3.05) is 0 Å². The van der Waals surface area contributed by atoms with Crippen LogP contribution in [0.5, 0.6) is 63.9 Å². The first-order valence-electron chi connectivity index (χ1n) is 39.2. The molecule has 37 heteroatoms. The number of halogens is 15. The minimum absolute atomic E-state index is 0.0164. The number of nitrogens with zero attached hydrogens (tertiary/aromatic N) is 12. The lowest BCUT2D eigenvalue weighted by atomic mass is 10.1. The zero-order valence-electron chi connectivity index (χ0n) is 73.3. The first-order chi connectivity index (χ1) is 60.0. The molecule has 0 aliphatic rings. The van der Waals surface area contributed by atoms with Crippen molar-refractivity contribution in [2.45, 2.75) is 193 Å². The molecular formula is C91H93BrCl14N12O10. The molecule has 0 atom stereocenters. The summed E-state index contributed by atoms with van der Waals surface area (Å²) in [6.07, 6.45) is 0.767. The van der Waals surface area contributed by atoms with Crippen LogP contribution in [0.25, 0.3) is 0 Å². The Kier molecular flexibility index (Phi) is 44.2. The van der Waals surface area contributed by atoms with Crippen molar-refractivity contribution in [2.24, 2.45) is 0 Å². The molecule has 2 N–H and O–H groups in total. The van der Waals surface area contributed by atoms with Crippen molar-refractivity contribution in [1.82, 2.24) is 59.8 Å². The molecule has 682 valence electrons. The van der Waals surface area contributed by atoms with E-state index in [1.165, 1.54) is 6.92 Å². The number of carbonyl (C=O) groups is 2.